The second-order valence-electron chi connectivity index (χ2n) is 6.05. The molecule has 1 heterocycles. The van der Waals surface area contributed by atoms with Crippen LogP contribution in [0.15, 0.2) is 46.9 Å². The van der Waals surface area contributed by atoms with Gasteiger partial charge >= 0.3 is 0 Å². The lowest BCUT2D eigenvalue weighted by Gasteiger charge is -2.16. The lowest BCUT2D eigenvalue weighted by atomic mass is 10.1. The summed E-state index contributed by atoms with van der Waals surface area (Å²) in [6.07, 6.45) is 0. The van der Waals surface area contributed by atoms with Gasteiger partial charge < -0.3 is 19.2 Å². The van der Waals surface area contributed by atoms with Crippen molar-refractivity contribution < 1.29 is 18.7 Å². The van der Waals surface area contributed by atoms with Gasteiger partial charge in [-0.1, -0.05) is 18.2 Å². The molecule has 0 fully saturated rings. The fraction of sp³-hybridized carbons (Fsp3) is 0.263. The summed E-state index contributed by atoms with van der Waals surface area (Å²) in [6, 6.07) is 13.3. The van der Waals surface area contributed by atoms with E-state index in [9.17, 15) is 4.79 Å². The van der Waals surface area contributed by atoms with Crippen molar-refractivity contribution in [2.45, 2.75) is 13.0 Å². The summed E-state index contributed by atoms with van der Waals surface area (Å²) in [5.74, 6) is 0.231. The smallest absolute Gasteiger partial charge is 0.276 e. The number of furan rings is 1. The quantitative estimate of drug-likeness (QED) is 0.443. The fourth-order valence-electron chi connectivity index (χ4n) is 2.66. The molecule has 8 heteroatoms. The number of para-hydroxylation sites is 1. The second-order valence-corrected chi connectivity index (χ2v) is 6.46. The zero-order valence-corrected chi connectivity index (χ0v) is 15.9. The summed E-state index contributed by atoms with van der Waals surface area (Å²) in [5.41, 5.74) is 6.70. The molecule has 0 aliphatic carbocycles. The van der Waals surface area contributed by atoms with E-state index in [4.69, 9.17) is 26.1 Å². The van der Waals surface area contributed by atoms with Crippen LogP contribution in [0.5, 0.6) is 5.75 Å². The number of carbonyl (C=O) groups is 1. The number of thiocarbonyl (C=S) groups is 1. The van der Waals surface area contributed by atoms with E-state index < -0.39 is 0 Å². The van der Waals surface area contributed by atoms with Crippen LogP contribution < -0.4 is 20.9 Å². The van der Waals surface area contributed by atoms with Crippen LogP contribution in [0.4, 0.5) is 0 Å². The van der Waals surface area contributed by atoms with Crippen molar-refractivity contribution in [1.82, 2.24) is 16.2 Å². The molecule has 0 spiro atoms. The lowest BCUT2D eigenvalue weighted by Crippen LogP contribution is -2.50. The Kier molecular flexibility index (Phi) is 6.10. The van der Waals surface area contributed by atoms with Crippen LogP contribution >= 0.6 is 12.2 Å². The van der Waals surface area contributed by atoms with E-state index in [-0.39, 0.29) is 18.6 Å². The highest BCUT2D eigenvalue weighted by molar-refractivity contribution is 7.80. The molecule has 7 nitrogen and oxygen atoms in total. The maximum Gasteiger partial charge on any atom is 0.276 e. The number of hydrazine groups is 1. The van der Waals surface area contributed by atoms with E-state index in [1.807, 2.05) is 43.3 Å². The van der Waals surface area contributed by atoms with E-state index in [0.29, 0.717) is 17.5 Å². The van der Waals surface area contributed by atoms with Crippen LogP contribution in [0.25, 0.3) is 21.9 Å². The fourth-order valence-corrected chi connectivity index (χ4v) is 2.91. The Morgan fingerprint density at radius 1 is 1.15 bits per heavy atom. The third-order valence-corrected chi connectivity index (χ3v) is 4.05. The highest BCUT2D eigenvalue weighted by atomic mass is 32.1. The van der Waals surface area contributed by atoms with Crippen LogP contribution in [0, 0.1) is 0 Å². The first-order chi connectivity index (χ1) is 13.1. The largest absolute Gasteiger partial charge is 0.484 e. The number of benzene rings is 2. The van der Waals surface area contributed by atoms with Crippen molar-refractivity contribution >= 4 is 45.2 Å². The number of fused-ring (bicyclic) bond motifs is 3. The molecule has 2 aromatic carbocycles. The lowest BCUT2D eigenvalue weighted by molar-refractivity contribution is -0.123. The molecular formula is C19H21N3O4S. The average Bonchev–Trinajstić information content (AvgIpc) is 3.03. The van der Waals surface area contributed by atoms with Gasteiger partial charge in [0.1, 0.15) is 16.9 Å². The number of carbonyl (C=O) groups excluding carboxylic acids is 1. The van der Waals surface area contributed by atoms with E-state index in [1.165, 1.54) is 0 Å². The van der Waals surface area contributed by atoms with Gasteiger partial charge in [-0.3, -0.25) is 15.6 Å². The molecule has 0 saturated carbocycles. The highest BCUT2D eigenvalue weighted by Crippen LogP contribution is 2.31. The number of nitrogens with one attached hydrogen (secondary N) is 3. The summed E-state index contributed by atoms with van der Waals surface area (Å²) >= 11 is 5.08. The van der Waals surface area contributed by atoms with E-state index >= 15 is 0 Å². The van der Waals surface area contributed by atoms with Crippen LogP contribution in [-0.2, 0) is 9.53 Å². The molecule has 3 aromatic rings. The molecule has 0 bridgehead atoms. The normalized spacial score (nSPS) is 11.9. The number of hydrogen-bond donors (Lipinski definition) is 3. The number of ether oxygens (including phenoxy) is 2. The highest BCUT2D eigenvalue weighted by Gasteiger charge is 2.09. The van der Waals surface area contributed by atoms with Crippen molar-refractivity contribution in [3.63, 3.8) is 0 Å². The summed E-state index contributed by atoms with van der Waals surface area (Å²) in [4.78, 5) is 11.9. The number of hydrogen-bond acceptors (Lipinski definition) is 5. The Morgan fingerprint density at radius 3 is 2.74 bits per heavy atom. The third kappa shape index (κ3) is 4.87. The topological polar surface area (TPSA) is 84.8 Å². The minimum absolute atomic E-state index is 0.0275. The SMILES string of the molecule is COC[C@@H](C)NC(=S)NNC(=O)COc1ccc2oc3ccccc3c2c1. The first-order valence-electron chi connectivity index (χ1n) is 8.45. The van der Waals surface area contributed by atoms with Gasteiger partial charge in [0.15, 0.2) is 11.7 Å². The average molecular weight is 387 g/mol. The Morgan fingerprint density at radius 2 is 1.93 bits per heavy atom. The summed E-state index contributed by atoms with van der Waals surface area (Å²) in [7, 11) is 1.61. The van der Waals surface area contributed by atoms with Gasteiger partial charge in [-0.25, -0.2) is 0 Å². The van der Waals surface area contributed by atoms with Crippen molar-refractivity contribution in [1.29, 1.82) is 0 Å². The van der Waals surface area contributed by atoms with E-state index in [2.05, 4.69) is 16.2 Å². The van der Waals surface area contributed by atoms with Gasteiger partial charge in [0, 0.05) is 23.9 Å². The van der Waals surface area contributed by atoms with Crippen molar-refractivity contribution in [3.8, 4) is 5.75 Å². The molecule has 3 N–H and O–H groups in total. The molecule has 0 aliphatic rings. The zero-order valence-electron chi connectivity index (χ0n) is 15.1. The molecule has 0 unspecified atom stereocenters. The monoisotopic (exact) mass is 387 g/mol. The van der Waals surface area contributed by atoms with Gasteiger partial charge in [-0.05, 0) is 43.4 Å². The number of amides is 1. The summed E-state index contributed by atoms with van der Waals surface area (Å²) in [6.45, 7) is 2.27. The molecule has 3 rings (SSSR count). The molecule has 0 aliphatic heterocycles. The molecule has 1 amide bonds. The van der Waals surface area contributed by atoms with Crippen LogP contribution in [0.1, 0.15) is 6.92 Å². The Balaban J connectivity index is 1.53. The van der Waals surface area contributed by atoms with Gasteiger partial charge in [0.2, 0.25) is 0 Å². The van der Waals surface area contributed by atoms with Crippen LogP contribution in [-0.4, -0.2) is 37.4 Å². The van der Waals surface area contributed by atoms with Gasteiger partial charge in [0.25, 0.3) is 5.91 Å². The Labute approximate surface area is 162 Å². The minimum Gasteiger partial charge on any atom is -0.484 e. The van der Waals surface area contributed by atoms with Crippen LogP contribution in [0.3, 0.4) is 0 Å². The van der Waals surface area contributed by atoms with Crippen molar-refractivity contribution in [2.75, 3.05) is 20.3 Å². The second kappa shape index (κ2) is 8.70. The van der Waals surface area contributed by atoms with Crippen LogP contribution in [0.2, 0.25) is 0 Å². The van der Waals surface area contributed by atoms with Crippen molar-refractivity contribution in [3.05, 3.63) is 42.5 Å². The number of methoxy groups -OCH3 is 1. The molecule has 142 valence electrons. The third-order valence-electron chi connectivity index (χ3n) is 3.83. The molecule has 1 atom stereocenters. The Hall–Kier alpha value is -2.84. The van der Waals surface area contributed by atoms with Gasteiger partial charge in [0.05, 0.1) is 6.61 Å². The maximum absolute atomic E-state index is 11.9. The standard InChI is InChI=1S/C19H21N3O4S/c1-12(10-24-2)20-19(27)22-21-18(23)11-25-13-7-8-17-15(9-13)14-5-3-4-6-16(14)26-17/h3-9,12H,10-11H2,1-2H3,(H,21,23)(H2,20,22,27)/t12-/m1/s1. The predicted octanol–water partition coefficient (Wildman–Crippen LogP) is 2.50. The molecular weight excluding hydrogens is 366 g/mol. The summed E-state index contributed by atoms with van der Waals surface area (Å²) in [5, 5.41) is 5.23. The van der Waals surface area contributed by atoms with Gasteiger partial charge in [-0.2, -0.15) is 0 Å². The molecule has 0 saturated heterocycles. The molecule has 27 heavy (non-hydrogen) atoms. The predicted molar refractivity (Wildman–Crippen MR) is 108 cm³/mol. The maximum atomic E-state index is 11.9. The molecule has 1 aromatic heterocycles. The van der Waals surface area contributed by atoms with Gasteiger partial charge in [-0.15, -0.1) is 0 Å². The summed E-state index contributed by atoms with van der Waals surface area (Å²) < 4.78 is 16.3. The number of rotatable bonds is 6. The van der Waals surface area contributed by atoms with Crippen molar-refractivity contribution in [2.24, 2.45) is 0 Å². The van der Waals surface area contributed by atoms with E-state index in [1.54, 1.807) is 13.2 Å². The zero-order chi connectivity index (χ0) is 19.2. The van der Waals surface area contributed by atoms with E-state index in [0.717, 1.165) is 21.9 Å². The Bertz CT molecular complexity index is 956. The first-order valence-corrected chi connectivity index (χ1v) is 8.86. The minimum atomic E-state index is -0.351. The first kappa shape index (κ1) is 18.9. The molecule has 0 radical (unpaired) electrons.